The quantitative estimate of drug-likeness (QED) is 0.474. The van der Waals surface area contributed by atoms with Crippen LogP contribution in [-0.4, -0.2) is 72.3 Å². The summed E-state index contributed by atoms with van der Waals surface area (Å²) in [5.41, 5.74) is 3.46. The van der Waals surface area contributed by atoms with Gasteiger partial charge in [-0.25, -0.2) is 14.6 Å². The molecule has 2 aromatic rings. The lowest BCUT2D eigenvalue weighted by atomic mass is 9.91. The van der Waals surface area contributed by atoms with E-state index in [1.165, 1.54) is 24.1 Å². The summed E-state index contributed by atoms with van der Waals surface area (Å²) in [6, 6.07) is 10.1. The standard InChI is InChI=1S/C30H43N7O3/c1-36(2)27-25-10-6-7-11-26(25)34-28(35-27)31-22-12-14-23(15-13-22)32-29(38)33-24-16-18-37(19-17-24)30(39)40-20-21-8-4-3-5-9-21/h3-5,8-9,22-24H,6-7,10-20H2,1-2H3,(H,31,34,35)(H2,32,33,38)/t22-,23+. The van der Waals surface area contributed by atoms with Gasteiger partial charge < -0.3 is 30.5 Å². The van der Waals surface area contributed by atoms with E-state index in [-0.39, 0.29) is 30.8 Å². The van der Waals surface area contributed by atoms with Crippen molar-refractivity contribution in [1.82, 2.24) is 25.5 Å². The van der Waals surface area contributed by atoms with E-state index in [1.807, 2.05) is 44.4 Å². The smallest absolute Gasteiger partial charge is 0.410 e. The summed E-state index contributed by atoms with van der Waals surface area (Å²) >= 11 is 0. The fraction of sp³-hybridized carbons (Fsp3) is 0.600. The number of aromatic nitrogens is 2. The lowest BCUT2D eigenvalue weighted by molar-refractivity contribution is 0.0858. The summed E-state index contributed by atoms with van der Waals surface area (Å²) in [7, 11) is 4.10. The predicted octanol–water partition coefficient (Wildman–Crippen LogP) is 4.24. The number of fused-ring (bicyclic) bond motifs is 1. The molecular weight excluding hydrogens is 506 g/mol. The number of anilines is 2. The molecule has 40 heavy (non-hydrogen) atoms. The second-order valence-corrected chi connectivity index (χ2v) is 11.5. The van der Waals surface area contributed by atoms with Gasteiger partial charge in [-0.15, -0.1) is 0 Å². The summed E-state index contributed by atoms with van der Waals surface area (Å²) < 4.78 is 5.44. The van der Waals surface area contributed by atoms with E-state index < -0.39 is 0 Å². The number of nitrogens with zero attached hydrogens (tertiary/aromatic N) is 4. The average molecular weight is 550 g/mol. The Morgan fingerprint density at radius 3 is 2.25 bits per heavy atom. The highest BCUT2D eigenvalue weighted by Gasteiger charge is 2.27. The van der Waals surface area contributed by atoms with Gasteiger partial charge >= 0.3 is 12.1 Å². The summed E-state index contributed by atoms with van der Waals surface area (Å²) in [6.07, 6.45) is 9.39. The first-order valence-electron chi connectivity index (χ1n) is 14.8. The van der Waals surface area contributed by atoms with Crippen molar-refractivity contribution in [3.8, 4) is 0 Å². The lowest BCUT2D eigenvalue weighted by Crippen LogP contribution is -2.51. The zero-order valence-electron chi connectivity index (χ0n) is 23.8. The Bertz CT molecular complexity index is 1140. The number of benzene rings is 1. The van der Waals surface area contributed by atoms with E-state index in [9.17, 15) is 9.59 Å². The molecule has 3 N–H and O–H groups in total. The second kappa shape index (κ2) is 13.2. The summed E-state index contributed by atoms with van der Waals surface area (Å²) in [6.45, 7) is 1.43. The van der Waals surface area contributed by atoms with Gasteiger partial charge in [0.25, 0.3) is 0 Å². The Balaban J connectivity index is 1.01. The molecule has 216 valence electrons. The van der Waals surface area contributed by atoms with Crippen LogP contribution in [0.15, 0.2) is 30.3 Å². The molecular formula is C30H43N7O3. The molecule has 2 fully saturated rings. The van der Waals surface area contributed by atoms with Gasteiger partial charge in [0.2, 0.25) is 5.95 Å². The molecule has 0 bridgehead atoms. The van der Waals surface area contributed by atoms with Gasteiger partial charge in [-0.05, 0) is 69.8 Å². The minimum atomic E-state index is -0.296. The van der Waals surface area contributed by atoms with Gasteiger partial charge in [0, 0.05) is 50.9 Å². The Labute approximate surface area is 237 Å². The van der Waals surface area contributed by atoms with Crippen LogP contribution in [0.5, 0.6) is 0 Å². The highest BCUT2D eigenvalue weighted by atomic mass is 16.6. The van der Waals surface area contributed by atoms with E-state index in [0.717, 1.165) is 68.7 Å². The van der Waals surface area contributed by atoms with Gasteiger partial charge in [-0.2, -0.15) is 4.98 Å². The van der Waals surface area contributed by atoms with Crippen LogP contribution in [0.25, 0.3) is 0 Å². The first-order valence-corrected chi connectivity index (χ1v) is 14.8. The molecule has 0 spiro atoms. The van der Waals surface area contributed by atoms with Crippen LogP contribution in [0.3, 0.4) is 0 Å². The van der Waals surface area contributed by atoms with Crippen LogP contribution in [0.4, 0.5) is 21.4 Å². The van der Waals surface area contributed by atoms with Crippen molar-refractivity contribution in [3.05, 3.63) is 47.2 Å². The fourth-order valence-corrected chi connectivity index (χ4v) is 6.00. The number of carbonyl (C=O) groups is 2. The summed E-state index contributed by atoms with van der Waals surface area (Å²) in [5, 5.41) is 9.86. The largest absolute Gasteiger partial charge is 0.445 e. The molecule has 10 nitrogen and oxygen atoms in total. The molecule has 1 aliphatic heterocycles. The number of hydrogen-bond acceptors (Lipinski definition) is 7. The van der Waals surface area contributed by atoms with Crippen LogP contribution >= 0.6 is 0 Å². The van der Waals surface area contributed by atoms with Gasteiger partial charge in [0.1, 0.15) is 12.4 Å². The van der Waals surface area contributed by atoms with E-state index >= 15 is 0 Å². The SMILES string of the molecule is CN(C)c1nc(N[C@H]2CC[C@@H](NC(=O)NC3CCN(C(=O)OCc4ccccc4)CC3)CC2)nc2c1CCCC2. The van der Waals surface area contributed by atoms with E-state index in [0.29, 0.717) is 19.1 Å². The molecule has 1 aromatic heterocycles. The maximum Gasteiger partial charge on any atom is 0.410 e. The maximum atomic E-state index is 12.7. The van der Waals surface area contributed by atoms with Crippen LogP contribution in [0, 0.1) is 0 Å². The summed E-state index contributed by atoms with van der Waals surface area (Å²) in [4.78, 5) is 38.6. The van der Waals surface area contributed by atoms with Gasteiger partial charge in [-0.3, -0.25) is 0 Å². The van der Waals surface area contributed by atoms with Crippen molar-refractivity contribution in [3.63, 3.8) is 0 Å². The van der Waals surface area contributed by atoms with Crippen LogP contribution < -0.4 is 20.9 Å². The molecule has 0 unspecified atom stereocenters. The number of rotatable bonds is 7. The number of amides is 3. The predicted molar refractivity (Wildman–Crippen MR) is 156 cm³/mol. The molecule has 0 atom stereocenters. The maximum absolute atomic E-state index is 12.7. The topological polar surface area (TPSA) is 112 Å². The molecule has 3 amide bonds. The second-order valence-electron chi connectivity index (χ2n) is 11.5. The molecule has 2 aliphatic carbocycles. The van der Waals surface area contributed by atoms with Gasteiger partial charge in [0.05, 0.1) is 5.69 Å². The number of aryl methyl sites for hydroxylation is 1. The number of carbonyl (C=O) groups excluding carboxylic acids is 2. The number of hydrogen-bond donors (Lipinski definition) is 3. The number of ether oxygens (including phenoxy) is 1. The average Bonchev–Trinajstić information content (AvgIpc) is 2.97. The molecule has 3 aliphatic rings. The van der Waals surface area contributed by atoms with Gasteiger partial charge in [-0.1, -0.05) is 30.3 Å². The molecule has 2 heterocycles. The van der Waals surface area contributed by atoms with E-state index in [2.05, 4.69) is 20.9 Å². The number of piperidine rings is 1. The Kier molecular flexibility index (Phi) is 9.23. The third-order valence-electron chi connectivity index (χ3n) is 8.27. The Morgan fingerprint density at radius 2 is 1.55 bits per heavy atom. The lowest BCUT2D eigenvalue weighted by Gasteiger charge is -2.33. The third-order valence-corrected chi connectivity index (χ3v) is 8.27. The molecule has 0 radical (unpaired) electrons. The van der Waals surface area contributed by atoms with E-state index in [1.54, 1.807) is 4.90 Å². The zero-order chi connectivity index (χ0) is 27.9. The van der Waals surface area contributed by atoms with E-state index in [4.69, 9.17) is 14.7 Å². The van der Waals surface area contributed by atoms with Crippen LogP contribution in [0.1, 0.15) is 68.2 Å². The molecule has 1 saturated heterocycles. The first-order chi connectivity index (χ1) is 19.4. The number of urea groups is 1. The zero-order valence-corrected chi connectivity index (χ0v) is 23.8. The number of nitrogens with one attached hydrogen (secondary N) is 3. The Hall–Kier alpha value is -3.56. The fourth-order valence-electron chi connectivity index (χ4n) is 6.00. The molecule has 5 rings (SSSR count). The van der Waals surface area contributed by atoms with Gasteiger partial charge in [0.15, 0.2) is 0 Å². The van der Waals surface area contributed by atoms with Crippen molar-refractivity contribution in [1.29, 1.82) is 0 Å². The highest BCUT2D eigenvalue weighted by molar-refractivity contribution is 5.74. The molecule has 10 heteroatoms. The number of likely N-dealkylation sites (tertiary alicyclic amines) is 1. The highest BCUT2D eigenvalue weighted by Crippen LogP contribution is 2.29. The monoisotopic (exact) mass is 549 g/mol. The summed E-state index contributed by atoms with van der Waals surface area (Å²) in [5.74, 6) is 1.77. The minimum absolute atomic E-state index is 0.0585. The minimum Gasteiger partial charge on any atom is -0.445 e. The molecule has 1 saturated carbocycles. The van der Waals surface area contributed by atoms with Crippen molar-refractivity contribution in [2.24, 2.45) is 0 Å². The first kappa shape index (κ1) is 28.0. The van der Waals surface area contributed by atoms with Crippen molar-refractivity contribution in [2.45, 2.75) is 88.9 Å². The van der Waals surface area contributed by atoms with Crippen LogP contribution in [-0.2, 0) is 24.2 Å². The van der Waals surface area contributed by atoms with Crippen LogP contribution in [0.2, 0.25) is 0 Å². The molecule has 1 aromatic carbocycles. The van der Waals surface area contributed by atoms with Crippen molar-refractivity contribution in [2.75, 3.05) is 37.4 Å². The van der Waals surface area contributed by atoms with Crippen molar-refractivity contribution < 1.29 is 14.3 Å². The third kappa shape index (κ3) is 7.34. The Morgan fingerprint density at radius 1 is 0.900 bits per heavy atom. The normalized spacial score (nSPS) is 21.2. The van der Waals surface area contributed by atoms with Crippen molar-refractivity contribution >= 4 is 23.9 Å².